The van der Waals surface area contributed by atoms with Crippen molar-refractivity contribution in [3.05, 3.63) is 28.8 Å². The quantitative estimate of drug-likeness (QED) is 0.560. The van der Waals surface area contributed by atoms with Gasteiger partial charge in [-0.15, -0.1) is 13.2 Å². The molecule has 0 aliphatic carbocycles. The van der Waals surface area contributed by atoms with Gasteiger partial charge < -0.3 is 4.74 Å². The first-order valence-electron chi connectivity index (χ1n) is 4.18. The number of hydrogen-bond donors (Lipinski definition) is 0. The third-order valence-electron chi connectivity index (χ3n) is 1.72. The highest BCUT2D eigenvalue weighted by Crippen LogP contribution is 2.36. The Morgan fingerprint density at radius 1 is 1.24 bits per heavy atom. The van der Waals surface area contributed by atoms with Crippen molar-refractivity contribution in [3.63, 3.8) is 0 Å². The number of hydrogen-bond acceptors (Lipinski definition) is 1. The maximum absolute atomic E-state index is 12.3. The van der Waals surface area contributed by atoms with Crippen molar-refractivity contribution in [1.29, 1.82) is 0 Å². The standard InChI is InChI=1S/C9H5BrClF5O/c10-7(8(12)13)4-1-2-6(5(11)3-4)17-9(14,15)16/h1-3,7-8H. The number of benzene rings is 1. The summed E-state index contributed by atoms with van der Waals surface area (Å²) in [4.78, 5) is -1.29. The Balaban J connectivity index is 2.94. The highest BCUT2D eigenvalue weighted by Gasteiger charge is 2.32. The molecule has 0 heterocycles. The predicted molar refractivity (Wildman–Crippen MR) is 55.8 cm³/mol. The van der Waals surface area contributed by atoms with Gasteiger partial charge in [0.1, 0.15) is 10.6 Å². The van der Waals surface area contributed by atoms with Crippen molar-refractivity contribution in [1.82, 2.24) is 0 Å². The van der Waals surface area contributed by atoms with Crippen LogP contribution in [-0.2, 0) is 0 Å². The van der Waals surface area contributed by atoms with Crippen molar-refractivity contribution in [2.24, 2.45) is 0 Å². The van der Waals surface area contributed by atoms with Crippen LogP contribution >= 0.6 is 27.5 Å². The lowest BCUT2D eigenvalue weighted by atomic mass is 10.1. The van der Waals surface area contributed by atoms with Crippen LogP contribution in [0.3, 0.4) is 0 Å². The summed E-state index contributed by atoms with van der Waals surface area (Å²) in [6.07, 6.45) is -7.57. The van der Waals surface area contributed by atoms with Crippen LogP contribution in [0.2, 0.25) is 5.02 Å². The number of ether oxygens (including phenoxy) is 1. The van der Waals surface area contributed by atoms with Crippen LogP contribution < -0.4 is 4.74 Å². The Morgan fingerprint density at radius 2 is 1.82 bits per heavy atom. The Kier molecular flexibility index (Phi) is 4.60. The van der Waals surface area contributed by atoms with E-state index in [2.05, 4.69) is 20.7 Å². The summed E-state index contributed by atoms with van der Waals surface area (Å²) in [6, 6.07) is 2.97. The molecule has 0 aliphatic heterocycles. The molecule has 0 aromatic heterocycles. The molecule has 96 valence electrons. The third kappa shape index (κ3) is 4.31. The van der Waals surface area contributed by atoms with Gasteiger partial charge in [0, 0.05) is 0 Å². The molecule has 1 rings (SSSR count). The molecular formula is C9H5BrClF5O. The Hall–Kier alpha value is -0.560. The summed E-state index contributed by atoms with van der Waals surface area (Å²) in [5.74, 6) is -0.628. The summed E-state index contributed by atoms with van der Waals surface area (Å²) < 4.78 is 63.9. The second-order valence-corrected chi connectivity index (χ2v) is 4.37. The molecule has 1 nitrogen and oxygen atoms in total. The van der Waals surface area contributed by atoms with Crippen LogP contribution in [0.15, 0.2) is 18.2 Å². The molecule has 0 amide bonds. The van der Waals surface area contributed by atoms with Gasteiger partial charge in [-0.2, -0.15) is 0 Å². The maximum Gasteiger partial charge on any atom is 0.573 e. The zero-order chi connectivity index (χ0) is 13.2. The van der Waals surface area contributed by atoms with Gasteiger partial charge in [0.15, 0.2) is 0 Å². The van der Waals surface area contributed by atoms with Crippen molar-refractivity contribution in [2.45, 2.75) is 17.6 Å². The van der Waals surface area contributed by atoms with Crippen LogP contribution in [0.4, 0.5) is 22.0 Å². The van der Waals surface area contributed by atoms with E-state index in [0.717, 1.165) is 18.2 Å². The molecule has 0 spiro atoms. The summed E-state index contributed by atoms with van der Waals surface area (Å²) in [5.41, 5.74) is 0.0690. The lowest BCUT2D eigenvalue weighted by molar-refractivity contribution is -0.274. The van der Waals surface area contributed by atoms with Gasteiger partial charge in [-0.25, -0.2) is 8.78 Å². The molecule has 8 heteroatoms. The number of halogens is 7. The SMILES string of the molecule is FC(F)C(Br)c1ccc(OC(F)(F)F)c(Cl)c1. The van der Waals surface area contributed by atoms with E-state index in [1.807, 2.05) is 0 Å². The Bertz CT molecular complexity index is 395. The van der Waals surface area contributed by atoms with E-state index in [1.54, 1.807) is 0 Å². The zero-order valence-electron chi connectivity index (χ0n) is 7.94. The molecule has 0 saturated heterocycles. The van der Waals surface area contributed by atoms with Crippen LogP contribution in [0, 0.1) is 0 Å². The van der Waals surface area contributed by atoms with E-state index in [1.165, 1.54) is 0 Å². The molecule has 0 fully saturated rings. The first-order chi connectivity index (χ1) is 7.70. The largest absolute Gasteiger partial charge is 0.573 e. The molecule has 1 aromatic carbocycles. The van der Waals surface area contributed by atoms with E-state index >= 15 is 0 Å². The first kappa shape index (κ1) is 14.5. The third-order valence-corrected chi connectivity index (χ3v) is 2.94. The highest BCUT2D eigenvalue weighted by molar-refractivity contribution is 9.09. The second-order valence-electron chi connectivity index (χ2n) is 2.97. The summed E-state index contributed by atoms with van der Waals surface area (Å²) in [5, 5.41) is -0.384. The van der Waals surface area contributed by atoms with E-state index < -0.39 is 23.4 Å². The van der Waals surface area contributed by atoms with Gasteiger partial charge in [-0.05, 0) is 17.7 Å². The lowest BCUT2D eigenvalue weighted by Crippen LogP contribution is -2.17. The Morgan fingerprint density at radius 3 is 2.24 bits per heavy atom. The van der Waals surface area contributed by atoms with E-state index in [9.17, 15) is 22.0 Å². The van der Waals surface area contributed by atoms with E-state index in [4.69, 9.17) is 11.6 Å². The minimum absolute atomic E-state index is 0.0690. The number of rotatable bonds is 3. The minimum Gasteiger partial charge on any atom is -0.404 e. The Labute approximate surface area is 107 Å². The summed E-state index contributed by atoms with van der Waals surface area (Å²) in [7, 11) is 0. The van der Waals surface area contributed by atoms with Gasteiger partial charge in [0.25, 0.3) is 6.43 Å². The monoisotopic (exact) mass is 338 g/mol. The normalized spacial score (nSPS) is 13.9. The van der Waals surface area contributed by atoms with E-state index in [0.29, 0.717) is 0 Å². The molecule has 1 unspecified atom stereocenters. The zero-order valence-corrected chi connectivity index (χ0v) is 10.3. The summed E-state index contributed by atoms with van der Waals surface area (Å²) in [6.45, 7) is 0. The minimum atomic E-state index is -4.87. The fourth-order valence-corrected chi connectivity index (χ4v) is 1.55. The molecule has 17 heavy (non-hydrogen) atoms. The lowest BCUT2D eigenvalue weighted by Gasteiger charge is -2.13. The topological polar surface area (TPSA) is 9.23 Å². The molecular weight excluding hydrogens is 334 g/mol. The molecule has 0 bridgehead atoms. The average Bonchev–Trinajstić information content (AvgIpc) is 2.18. The van der Waals surface area contributed by atoms with Gasteiger partial charge >= 0.3 is 6.36 Å². The number of alkyl halides is 6. The predicted octanol–water partition coefficient (Wildman–Crippen LogP) is 4.94. The maximum atomic E-state index is 12.3. The van der Waals surface area contributed by atoms with Gasteiger partial charge in [0.05, 0.1) is 5.02 Å². The van der Waals surface area contributed by atoms with Gasteiger partial charge in [-0.1, -0.05) is 33.6 Å². The molecule has 1 aromatic rings. The summed E-state index contributed by atoms with van der Waals surface area (Å²) >= 11 is 8.19. The fraction of sp³-hybridized carbons (Fsp3) is 0.333. The van der Waals surface area contributed by atoms with Crippen LogP contribution in [0.1, 0.15) is 10.4 Å². The molecule has 0 saturated carbocycles. The van der Waals surface area contributed by atoms with Gasteiger partial charge in [0.2, 0.25) is 0 Å². The van der Waals surface area contributed by atoms with Crippen molar-refractivity contribution in [3.8, 4) is 5.75 Å². The second kappa shape index (κ2) is 5.39. The van der Waals surface area contributed by atoms with Crippen molar-refractivity contribution in [2.75, 3.05) is 0 Å². The van der Waals surface area contributed by atoms with Crippen LogP contribution in [0.5, 0.6) is 5.75 Å². The van der Waals surface area contributed by atoms with Crippen LogP contribution in [-0.4, -0.2) is 12.8 Å². The van der Waals surface area contributed by atoms with E-state index in [-0.39, 0.29) is 10.6 Å². The van der Waals surface area contributed by atoms with Crippen molar-refractivity contribution >= 4 is 27.5 Å². The first-order valence-corrected chi connectivity index (χ1v) is 5.47. The molecule has 0 N–H and O–H groups in total. The highest BCUT2D eigenvalue weighted by atomic mass is 79.9. The van der Waals surface area contributed by atoms with Crippen LogP contribution in [0.25, 0.3) is 0 Å². The average molecular weight is 339 g/mol. The molecule has 0 aliphatic rings. The fourth-order valence-electron chi connectivity index (χ4n) is 1.04. The van der Waals surface area contributed by atoms with Gasteiger partial charge in [-0.3, -0.25) is 0 Å². The molecule has 0 radical (unpaired) electrons. The molecule has 1 atom stereocenters. The van der Waals surface area contributed by atoms with Crippen molar-refractivity contribution < 1.29 is 26.7 Å². The smallest absolute Gasteiger partial charge is 0.404 e.